The van der Waals surface area contributed by atoms with E-state index in [9.17, 15) is 9.59 Å². The van der Waals surface area contributed by atoms with Gasteiger partial charge in [0.1, 0.15) is 11.7 Å². The van der Waals surface area contributed by atoms with Crippen molar-refractivity contribution in [2.45, 2.75) is 38.9 Å². The fraction of sp³-hybridized carbons (Fsp3) is 0.333. The second-order valence-corrected chi connectivity index (χ2v) is 8.20. The van der Waals surface area contributed by atoms with E-state index in [1.807, 2.05) is 37.3 Å². The Bertz CT molecular complexity index is 1200. The number of aryl methyl sites for hydroxylation is 1. The Morgan fingerprint density at radius 3 is 2.88 bits per heavy atom. The largest absolute Gasteiger partial charge is 0.373 e. The highest BCUT2D eigenvalue weighted by molar-refractivity contribution is 6.27. The molecule has 0 radical (unpaired) electrons. The number of benzene rings is 2. The first kappa shape index (κ1) is 22.8. The third kappa shape index (κ3) is 4.71. The molecule has 1 atom stereocenters. The zero-order valence-electron chi connectivity index (χ0n) is 18.5. The van der Waals surface area contributed by atoms with Crippen molar-refractivity contribution in [3.63, 3.8) is 0 Å². The average molecular weight is 467 g/mol. The van der Waals surface area contributed by atoms with E-state index in [-0.39, 0.29) is 29.6 Å². The van der Waals surface area contributed by atoms with Gasteiger partial charge >= 0.3 is 0 Å². The highest BCUT2D eigenvalue weighted by atomic mass is 35.5. The van der Waals surface area contributed by atoms with Crippen LogP contribution in [0.2, 0.25) is 0 Å². The molecule has 9 heteroatoms. The van der Waals surface area contributed by atoms with Crippen molar-refractivity contribution < 1.29 is 9.59 Å². The topological polar surface area (TPSA) is 112 Å². The first-order chi connectivity index (χ1) is 16.0. The van der Waals surface area contributed by atoms with Crippen LogP contribution in [0.5, 0.6) is 0 Å². The van der Waals surface area contributed by atoms with E-state index in [4.69, 9.17) is 22.0 Å². The molecule has 8 nitrogen and oxygen atoms in total. The molecule has 3 aromatic rings. The zero-order chi connectivity index (χ0) is 23.4. The molecule has 0 fully saturated rings. The van der Waals surface area contributed by atoms with Gasteiger partial charge in [0.15, 0.2) is 0 Å². The number of amidine groups is 1. The second kappa shape index (κ2) is 10.0. The predicted molar refractivity (Wildman–Crippen MR) is 129 cm³/mol. The number of nitrogens with one attached hydrogen (secondary N) is 4. The van der Waals surface area contributed by atoms with Crippen molar-refractivity contribution in [2.75, 3.05) is 12.4 Å². The lowest BCUT2D eigenvalue weighted by molar-refractivity contribution is 0.0912. The summed E-state index contributed by atoms with van der Waals surface area (Å²) in [5, 5.41) is 16.6. The summed E-state index contributed by atoms with van der Waals surface area (Å²) in [5.74, 6) is 0.648. The van der Waals surface area contributed by atoms with Gasteiger partial charge in [-0.15, -0.1) is 11.6 Å². The maximum absolute atomic E-state index is 13.3. The van der Waals surface area contributed by atoms with E-state index in [2.05, 4.69) is 20.5 Å². The van der Waals surface area contributed by atoms with Crippen LogP contribution in [0.1, 0.15) is 57.9 Å². The molecular formula is C24H27ClN6O2. The number of para-hydroxylation sites is 2. The average Bonchev–Trinajstić information content (AvgIpc) is 3.41. The SMILES string of the molecule is CCn1c(C(CCCNC(=N)CCl)NC(=O)c2cccc3c2C(=O)NC3)nc2ccccc21. The first-order valence-corrected chi connectivity index (χ1v) is 11.6. The van der Waals surface area contributed by atoms with Gasteiger partial charge in [-0.3, -0.25) is 15.0 Å². The Labute approximate surface area is 197 Å². The van der Waals surface area contributed by atoms with Crippen LogP contribution in [0.25, 0.3) is 11.0 Å². The van der Waals surface area contributed by atoms with E-state index in [1.165, 1.54) is 0 Å². The van der Waals surface area contributed by atoms with Crippen molar-refractivity contribution >= 4 is 40.3 Å². The highest BCUT2D eigenvalue weighted by Crippen LogP contribution is 2.26. The van der Waals surface area contributed by atoms with Crippen LogP contribution in [0, 0.1) is 5.41 Å². The van der Waals surface area contributed by atoms with E-state index >= 15 is 0 Å². The van der Waals surface area contributed by atoms with Crippen LogP contribution < -0.4 is 16.0 Å². The molecule has 2 aromatic carbocycles. The van der Waals surface area contributed by atoms with Gasteiger partial charge in [0.05, 0.1) is 34.1 Å². The summed E-state index contributed by atoms with van der Waals surface area (Å²) in [6.45, 7) is 3.75. The fourth-order valence-electron chi connectivity index (χ4n) is 4.26. The fourth-order valence-corrected chi connectivity index (χ4v) is 4.35. The van der Waals surface area contributed by atoms with Crippen LogP contribution in [0.3, 0.4) is 0 Å². The number of hydrogen-bond donors (Lipinski definition) is 4. The maximum atomic E-state index is 13.3. The quantitative estimate of drug-likeness (QED) is 0.168. The van der Waals surface area contributed by atoms with E-state index in [0.717, 1.165) is 22.4 Å². The number of hydrogen-bond acceptors (Lipinski definition) is 4. The molecule has 0 spiro atoms. The molecule has 1 unspecified atom stereocenters. The summed E-state index contributed by atoms with van der Waals surface area (Å²) >= 11 is 5.68. The van der Waals surface area contributed by atoms with Gasteiger partial charge in [-0.2, -0.15) is 0 Å². The normalized spacial score (nSPS) is 13.5. The Kier molecular flexibility index (Phi) is 6.93. The number of imidazole rings is 1. The standard InChI is InChI=1S/C24H27ClN6O2/c1-2-31-19-11-4-3-9-17(19)29-22(31)18(10-6-12-27-20(26)13-25)30-23(32)16-8-5-7-15-14-28-24(33)21(15)16/h3-5,7-9,11,18H,2,6,10,12-14H2,1H3,(H2,26,27)(H,28,33)(H,30,32). The third-order valence-corrected chi connectivity index (χ3v) is 6.09. The lowest BCUT2D eigenvalue weighted by Crippen LogP contribution is -2.33. The van der Waals surface area contributed by atoms with Crippen LogP contribution in [0.4, 0.5) is 0 Å². The van der Waals surface area contributed by atoms with Gasteiger partial charge in [-0.25, -0.2) is 4.98 Å². The summed E-state index contributed by atoms with van der Waals surface area (Å²) in [6, 6.07) is 12.9. The van der Waals surface area contributed by atoms with Gasteiger partial charge in [-0.05, 0) is 43.5 Å². The summed E-state index contributed by atoms with van der Waals surface area (Å²) in [4.78, 5) is 30.5. The lowest BCUT2D eigenvalue weighted by atomic mass is 10.0. The Balaban J connectivity index is 1.63. The number of carbonyl (C=O) groups excluding carboxylic acids is 2. The van der Waals surface area contributed by atoms with Crippen molar-refractivity contribution in [1.82, 2.24) is 25.5 Å². The Hall–Kier alpha value is -3.39. The van der Waals surface area contributed by atoms with E-state index in [0.29, 0.717) is 43.6 Å². The molecule has 172 valence electrons. The molecule has 4 rings (SSSR count). The molecule has 1 aliphatic heterocycles. The van der Waals surface area contributed by atoms with Crippen molar-refractivity contribution in [2.24, 2.45) is 0 Å². The number of fused-ring (bicyclic) bond motifs is 2. The van der Waals surface area contributed by atoms with Gasteiger partial charge in [-0.1, -0.05) is 24.3 Å². The van der Waals surface area contributed by atoms with E-state index < -0.39 is 0 Å². The first-order valence-electron chi connectivity index (χ1n) is 11.1. The van der Waals surface area contributed by atoms with Gasteiger partial charge < -0.3 is 20.5 Å². The van der Waals surface area contributed by atoms with Crippen LogP contribution in [-0.2, 0) is 13.1 Å². The summed E-state index contributed by atoms with van der Waals surface area (Å²) < 4.78 is 2.11. The summed E-state index contributed by atoms with van der Waals surface area (Å²) in [6.07, 6.45) is 1.31. The van der Waals surface area contributed by atoms with E-state index in [1.54, 1.807) is 12.1 Å². The number of amides is 2. The molecular weight excluding hydrogens is 440 g/mol. The van der Waals surface area contributed by atoms with Gasteiger partial charge in [0, 0.05) is 19.6 Å². The van der Waals surface area contributed by atoms with Crippen LogP contribution >= 0.6 is 11.6 Å². The molecule has 0 saturated carbocycles. The summed E-state index contributed by atoms with van der Waals surface area (Å²) in [7, 11) is 0. The van der Waals surface area contributed by atoms with Crippen LogP contribution in [0.15, 0.2) is 42.5 Å². The number of halogens is 1. The molecule has 0 aliphatic carbocycles. The minimum absolute atomic E-state index is 0.132. The Morgan fingerprint density at radius 1 is 1.27 bits per heavy atom. The molecule has 33 heavy (non-hydrogen) atoms. The second-order valence-electron chi connectivity index (χ2n) is 7.93. The van der Waals surface area contributed by atoms with Crippen molar-refractivity contribution in [3.05, 3.63) is 65.0 Å². The third-order valence-electron chi connectivity index (χ3n) is 5.82. The number of rotatable bonds is 9. The minimum Gasteiger partial charge on any atom is -0.373 e. The molecule has 2 heterocycles. The summed E-state index contributed by atoms with van der Waals surface area (Å²) in [5.41, 5.74) is 3.52. The van der Waals surface area contributed by atoms with Crippen molar-refractivity contribution in [3.8, 4) is 0 Å². The minimum atomic E-state index is -0.364. The number of aromatic nitrogens is 2. The monoisotopic (exact) mass is 466 g/mol. The Morgan fingerprint density at radius 2 is 2.09 bits per heavy atom. The predicted octanol–water partition coefficient (Wildman–Crippen LogP) is 3.36. The molecule has 0 saturated heterocycles. The smallest absolute Gasteiger partial charge is 0.252 e. The molecule has 2 amide bonds. The lowest BCUT2D eigenvalue weighted by Gasteiger charge is -2.20. The molecule has 4 N–H and O–H groups in total. The number of alkyl halides is 1. The van der Waals surface area contributed by atoms with Gasteiger partial charge in [0.2, 0.25) is 0 Å². The highest BCUT2D eigenvalue weighted by Gasteiger charge is 2.28. The van der Waals surface area contributed by atoms with Crippen molar-refractivity contribution in [1.29, 1.82) is 5.41 Å². The molecule has 0 bridgehead atoms. The molecule has 1 aliphatic rings. The number of carbonyl (C=O) groups is 2. The zero-order valence-corrected chi connectivity index (χ0v) is 19.2. The molecule has 1 aromatic heterocycles. The number of nitrogens with zero attached hydrogens (tertiary/aromatic N) is 2. The van der Waals surface area contributed by atoms with Gasteiger partial charge in [0.25, 0.3) is 11.8 Å². The maximum Gasteiger partial charge on any atom is 0.252 e. The van der Waals surface area contributed by atoms with Crippen LogP contribution in [-0.4, -0.2) is 39.6 Å².